The molecule has 14 heavy (non-hydrogen) atoms. The van der Waals surface area contributed by atoms with Gasteiger partial charge in [0.05, 0.1) is 0 Å². The van der Waals surface area contributed by atoms with E-state index in [2.05, 4.69) is 47.8 Å². The average Bonchev–Trinajstić information content (AvgIpc) is 2.92. The molecule has 2 aromatic heterocycles. The van der Waals surface area contributed by atoms with Crippen molar-refractivity contribution in [2.75, 3.05) is 0 Å². The first-order valence-electron chi connectivity index (χ1n) is 3.95. The summed E-state index contributed by atoms with van der Waals surface area (Å²) in [6, 6.07) is 0. The first-order chi connectivity index (χ1) is 6.86. The molecule has 8 heteroatoms. The Kier molecular flexibility index (Phi) is 3.92. The highest BCUT2D eigenvalue weighted by Crippen LogP contribution is 1.80. The van der Waals surface area contributed by atoms with E-state index >= 15 is 0 Å². The quantitative estimate of drug-likeness (QED) is 0.673. The van der Waals surface area contributed by atoms with Gasteiger partial charge in [-0.1, -0.05) is 18.7 Å². The Labute approximate surface area is 79.8 Å². The van der Waals surface area contributed by atoms with E-state index < -0.39 is 0 Å². The Bertz CT molecular complexity index is 336. The van der Waals surface area contributed by atoms with E-state index in [1.807, 2.05) is 6.92 Å². The third kappa shape index (κ3) is 3.09. The van der Waals surface area contributed by atoms with Crippen molar-refractivity contribution in [2.24, 2.45) is 0 Å². The molecular formula is C6H10N8. The minimum Gasteiger partial charge on any atom is -0.177 e. The molecule has 0 saturated heterocycles. The van der Waals surface area contributed by atoms with Gasteiger partial charge in [0.2, 0.25) is 0 Å². The molecule has 0 aromatic carbocycles. The number of aryl methyl sites for hydroxylation is 1. The van der Waals surface area contributed by atoms with E-state index in [-0.39, 0.29) is 0 Å². The van der Waals surface area contributed by atoms with E-state index in [1.54, 1.807) is 0 Å². The highest BCUT2D eigenvalue weighted by Gasteiger charge is 1.87. The number of aromatic nitrogens is 8. The second-order valence-electron chi connectivity index (χ2n) is 2.16. The lowest BCUT2D eigenvalue weighted by molar-refractivity contribution is 0.881. The first-order valence-corrected chi connectivity index (χ1v) is 3.95. The Morgan fingerprint density at radius 3 is 2.21 bits per heavy atom. The van der Waals surface area contributed by atoms with Crippen LogP contribution in [0.5, 0.6) is 0 Å². The lowest BCUT2D eigenvalue weighted by Crippen LogP contribution is -1.80. The molecular weight excluding hydrogens is 184 g/mol. The van der Waals surface area contributed by atoms with Crippen LogP contribution in [0.3, 0.4) is 0 Å². The molecule has 0 bridgehead atoms. The maximum atomic E-state index is 3.69. The van der Waals surface area contributed by atoms with Gasteiger partial charge < -0.3 is 0 Å². The molecule has 2 heterocycles. The number of nitrogens with zero attached hydrogens (tertiary/aromatic N) is 6. The van der Waals surface area contributed by atoms with Crippen LogP contribution in [-0.4, -0.2) is 41.2 Å². The third-order valence-electron chi connectivity index (χ3n) is 1.25. The summed E-state index contributed by atoms with van der Waals surface area (Å²) in [6.07, 6.45) is 2.36. The van der Waals surface area contributed by atoms with Gasteiger partial charge in [0.1, 0.15) is 0 Å². The van der Waals surface area contributed by atoms with Crippen LogP contribution in [0.4, 0.5) is 0 Å². The van der Waals surface area contributed by atoms with Crippen molar-refractivity contribution < 1.29 is 0 Å². The number of hydrogen-bond donors (Lipinski definition) is 2. The highest BCUT2D eigenvalue weighted by molar-refractivity contribution is 5.33. The van der Waals surface area contributed by atoms with E-state index in [9.17, 15) is 0 Å². The molecule has 2 N–H and O–H groups in total. The fourth-order valence-corrected chi connectivity index (χ4v) is 0.588. The maximum Gasteiger partial charge on any atom is 0.196 e. The second kappa shape index (κ2) is 5.51. The van der Waals surface area contributed by atoms with Gasteiger partial charge in [-0.2, -0.15) is 10.4 Å². The molecule has 0 spiro atoms. The standard InChI is InChI=1S/C3H6N4.C3H4N4/c2*1-2-3-4-6-7-5-3/h2H2,1H3,(H,4,5,6,7);2H,1H2,(H,4,5,6,7). The van der Waals surface area contributed by atoms with Crippen LogP contribution in [0, 0.1) is 0 Å². The van der Waals surface area contributed by atoms with Crippen molar-refractivity contribution in [2.45, 2.75) is 13.3 Å². The van der Waals surface area contributed by atoms with Gasteiger partial charge in [0.15, 0.2) is 11.6 Å². The van der Waals surface area contributed by atoms with Crippen LogP contribution in [0.1, 0.15) is 18.6 Å². The minimum atomic E-state index is 0.528. The summed E-state index contributed by atoms with van der Waals surface area (Å²) in [6.45, 7) is 5.40. The lowest BCUT2D eigenvalue weighted by atomic mass is 10.5. The van der Waals surface area contributed by atoms with Gasteiger partial charge in [-0.05, 0) is 11.3 Å². The van der Waals surface area contributed by atoms with Crippen molar-refractivity contribution in [3.8, 4) is 0 Å². The smallest absolute Gasteiger partial charge is 0.177 e. The molecule has 0 fully saturated rings. The van der Waals surface area contributed by atoms with E-state index in [0.29, 0.717) is 5.82 Å². The normalized spacial score (nSPS) is 8.93. The largest absolute Gasteiger partial charge is 0.196 e. The van der Waals surface area contributed by atoms with E-state index in [1.165, 1.54) is 6.08 Å². The lowest BCUT2D eigenvalue weighted by Gasteiger charge is -1.72. The zero-order valence-electron chi connectivity index (χ0n) is 7.67. The van der Waals surface area contributed by atoms with Crippen LogP contribution in [-0.2, 0) is 6.42 Å². The van der Waals surface area contributed by atoms with Gasteiger partial charge in [-0.3, -0.25) is 0 Å². The van der Waals surface area contributed by atoms with Gasteiger partial charge in [-0.25, -0.2) is 0 Å². The molecule has 8 nitrogen and oxygen atoms in total. The molecule has 0 unspecified atom stereocenters. The van der Waals surface area contributed by atoms with Crippen molar-refractivity contribution in [1.82, 2.24) is 41.2 Å². The predicted octanol–water partition coefficient (Wildman–Crippen LogP) is -0.395. The van der Waals surface area contributed by atoms with Crippen LogP contribution in [0.15, 0.2) is 6.58 Å². The van der Waals surface area contributed by atoms with Gasteiger partial charge in [-0.15, -0.1) is 20.4 Å². The van der Waals surface area contributed by atoms with Crippen molar-refractivity contribution >= 4 is 6.08 Å². The monoisotopic (exact) mass is 194 g/mol. The van der Waals surface area contributed by atoms with Crippen molar-refractivity contribution in [3.05, 3.63) is 18.2 Å². The van der Waals surface area contributed by atoms with Crippen molar-refractivity contribution in [3.63, 3.8) is 0 Å². The van der Waals surface area contributed by atoms with Gasteiger partial charge >= 0.3 is 0 Å². The Morgan fingerprint density at radius 1 is 1.21 bits per heavy atom. The minimum absolute atomic E-state index is 0.528. The summed E-state index contributed by atoms with van der Waals surface area (Å²) in [4.78, 5) is 0. The van der Waals surface area contributed by atoms with Gasteiger partial charge in [0.25, 0.3) is 0 Å². The summed E-state index contributed by atoms with van der Waals surface area (Å²) < 4.78 is 0. The van der Waals surface area contributed by atoms with Crippen LogP contribution in [0.25, 0.3) is 6.08 Å². The SMILES string of the molecule is C=Cc1nn[nH]n1.CCc1nn[nH]n1. The molecule has 0 aliphatic heterocycles. The number of tetrazole rings is 2. The zero-order chi connectivity index (χ0) is 10.2. The third-order valence-corrected chi connectivity index (χ3v) is 1.25. The Morgan fingerprint density at radius 2 is 1.93 bits per heavy atom. The molecule has 0 amide bonds. The number of H-pyrrole nitrogens is 2. The number of nitrogens with one attached hydrogen (secondary N) is 2. The second-order valence-corrected chi connectivity index (χ2v) is 2.16. The fraction of sp³-hybridized carbons (Fsp3) is 0.333. The predicted molar refractivity (Wildman–Crippen MR) is 47.8 cm³/mol. The Balaban J connectivity index is 0.000000140. The summed E-state index contributed by atoms with van der Waals surface area (Å²) >= 11 is 0. The number of rotatable bonds is 2. The highest BCUT2D eigenvalue weighted by atomic mass is 15.5. The topological polar surface area (TPSA) is 109 Å². The molecule has 0 saturated carbocycles. The molecule has 74 valence electrons. The summed E-state index contributed by atoms with van der Waals surface area (Å²) in [7, 11) is 0. The van der Waals surface area contributed by atoms with E-state index in [4.69, 9.17) is 0 Å². The fourth-order valence-electron chi connectivity index (χ4n) is 0.588. The van der Waals surface area contributed by atoms with Crippen LogP contribution >= 0.6 is 0 Å². The molecule has 0 atom stereocenters. The number of aromatic amines is 2. The molecule has 2 rings (SSSR count). The molecule has 0 radical (unpaired) electrons. The summed E-state index contributed by atoms with van der Waals surface area (Å²) in [5, 5.41) is 25.8. The van der Waals surface area contributed by atoms with Crippen LogP contribution in [0.2, 0.25) is 0 Å². The Hall–Kier alpha value is -2.12. The molecule has 0 aliphatic carbocycles. The first kappa shape index (κ1) is 9.96. The summed E-state index contributed by atoms with van der Waals surface area (Å²) in [5.41, 5.74) is 0. The van der Waals surface area contributed by atoms with Crippen LogP contribution < -0.4 is 0 Å². The average molecular weight is 194 g/mol. The van der Waals surface area contributed by atoms with Gasteiger partial charge in [0, 0.05) is 6.42 Å². The zero-order valence-corrected chi connectivity index (χ0v) is 7.67. The van der Waals surface area contributed by atoms with Crippen molar-refractivity contribution in [1.29, 1.82) is 0 Å². The number of hydrogen-bond acceptors (Lipinski definition) is 6. The summed E-state index contributed by atoms with van der Waals surface area (Å²) in [5.74, 6) is 1.29. The molecule has 0 aliphatic rings. The van der Waals surface area contributed by atoms with E-state index in [0.717, 1.165) is 12.2 Å². The molecule has 2 aromatic rings. The maximum absolute atomic E-state index is 3.69.